The summed E-state index contributed by atoms with van der Waals surface area (Å²) >= 11 is 0. The Labute approximate surface area is 359 Å². The van der Waals surface area contributed by atoms with Crippen LogP contribution in [0, 0.1) is 12.1 Å². The van der Waals surface area contributed by atoms with Gasteiger partial charge in [0.1, 0.15) is 5.58 Å². The van der Waals surface area contributed by atoms with Crippen LogP contribution < -0.4 is 5.32 Å². The summed E-state index contributed by atoms with van der Waals surface area (Å²) < 4.78 is 9.10. The molecule has 1 aliphatic heterocycles. The van der Waals surface area contributed by atoms with E-state index in [9.17, 15) is 0 Å². The Hall–Kier alpha value is -6.33. The second-order valence-electron chi connectivity index (χ2n) is 15.2. The van der Waals surface area contributed by atoms with Crippen LogP contribution in [0.25, 0.3) is 78.0 Å². The number of hydrogen-bond donors (Lipinski definition) is 1. The molecule has 0 saturated carbocycles. The van der Waals surface area contributed by atoms with Gasteiger partial charge in [0.2, 0.25) is 0 Å². The molecule has 1 N–H and O–H groups in total. The van der Waals surface area contributed by atoms with Gasteiger partial charge in [0.05, 0.1) is 22.4 Å². The number of hydrogen-bond acceptors (Lipinski definition) is 4. The molecule has 6 heteroatoms. The van der Waals surface area contributed by atoms with E-state index in [0.29, 0.717) is 0 Å². The fourth-order valence-corrected chi connectivity index (χ4v) is 7.87. The van der Waals surface area contributed by atoms with Crippen LogP contribution in [0.5, 0.6) is 0 Å². The Balaban J connectivity index is 0.000000319. The van der Waals surface area contributed by atoms with E-state index in [1.807, 2.05) is 54.7 Å². The van der Waals surface area contributed by atoms with Crippen molar-refractivity contribution >= 4 is 38.5 Å². The molecule has 0 atom stereocenters. The number of nitrogens with zero attached hydrogens (tertiary/aromatic N) is 3. The topological polar surface area (TPSA) is 55.9 Å². The van der Waals surface area contributed by atoms with Gasteiger partial charge in [-0.3, -0.25) is 4.98 Å². The molecule has 0 fully saturated rings. The SMILES string of the molecule is CC(C)c1cc(-c2ccccc2)cc(C(C)C)c1-n1c(-c2[c-]ccc3c2oc2cc(C4=CCNC=C4)ccc23)nc2ccccc21.[Ir].[c-]1ccccc1-c1ccccn1. The van der Waals surface area contributed by atoms with Gasteiger partial charge >= 0.3 is 0 Å². The van der Waals surface area contributed by atoms with Crippen LogP contribution in [0.4, 0.5) is 0 Å². The Morgan fingerprint density at radius 2 is 1.46 bits per heavy atom. The molecule has 5 nitrogen and oxygen atoms in total. The molecule has 9 aromatic rings. The van der Waals surface area contributed by atoms with Crippen LogP contribution in [0.2, 0.25) is 0 Å². The van der Waals surface area contributed by atoms with E-state index in [2.05, 4.69) is 158 Å². The number of fused-ring (bicyclic) bond motifs is 4. The summed E-state index contributed by atoms with van der Waals surface area (Å²) in [6, 6.07) is 54.9. The number of dihydropyridines is 1. The van der Waals surface area contributed by atoms with Crippen LogP contribution in [-0.2, 0) is 20.1 Å². The minimum Gasteiger partial charge on any atom is -0.501 e. The van der Waals surface area contributed by atoms with Crippen molar-refractivity contribution in [3.05, 3.63) is 193 Å². The predicted molar refractivity (Wildman–Crippen MR) is 240 cm³/mol. The number of para-hydroxylation sites is 2. The molecular weight excluding hydrogens is 901 g/mol. The van der Waals surface area contributed by atoms with Crippen LogP contribution in [-0.4, -0.2) is 21.1 Å². The molecule has 4 heterocycles. The Morgan fingerprint density at radius 3 is 2.17 bits per heavy atom. The molecule has 59 heavy (non-hydrogen) atoms. The molecule has 0 spiro atoms. The van der Waals surface area contributed by atoms with Crippen molar-refractivity contribution in [2.45, 2.75) is 39.5 Å². The molecule has 1 aliphatic rings. The standard InChI is InChI=1S/C42H36N3O.C11H8N.Ir/c1-26(2)35-23-31(28-11-6-5-7-12-28)24-36(27(3)4)40(35)45-38-16-9-8-15-37(38)44-42(45)34-14-10-13-33-32-18-17-30(25-39(32)46-41(33)34)29-19-21-43-22-20-29;1-2-6-10(7-3-1)11-8-4-5-9-12-11;/h5-13,15-21,23-27,43H,22H2,1-4H3;1-6,8-9H;/q2*-1;. The molecule has 0 unspecified atom stereocenters. The van der Waals surface area contributed by atoms with Crippen molar-refractivity contribution in [3.8, 4) is 39.5 Å². The van der Waals surface area contributed by atoms with Gasteiger partial charge < -0.3 is 19.3 Å². The van der Waals surface area contributed by atoms with Gasteiger partial charge in [0, 0.05) is 43.9 Å². The first-order chi connectivity index (χ1) is 28.4. The molecule has 6 aromatic carbocycles. The largest absolute Gasteiger partial charge is 0.501 e. The quantitative estimate of drug-likeness (QED) is 0.162. The summed E-state index contributed by atoms with van der Waals surface area (Å²) in [6.45, 7) is 9.96. The first-order valence-corrected chi connectivity index (χ1v) is 20.0. The molecule has 3 aromatic heterocycles. The maximum Gasteiger partial charge on any atom is 0.121 e. The van der Waals surface area contributed by atoms with Crippen molar-refractivity contribution in [2.24, 2.45) is 0 Å². The van der Waals surface area contributed by atoms with Gasteiger partial charge in [-0.2, -0.15) is 0 Å². The van der Waals surface area contributed by atoms with Gasteiger partial charge in [0.15, 0.2) is 0 Å². The van der Waals surface area contributed by atoms with Crippen LogP contribution in [0.3, 0.4) is 0 Å². The number of pyridine rings is 1. The third-order valence-electron chi connectivity index (χ3n) is 10.8. The van der Waals surface area contributed by atoms with Gasteiger partial charge in [-0.1, -0.05) is 111 Å². The van der Waals surface area contributed by atoms with Crippen molar-refractivity contribution in [3.63, 3.8) is 0 Å². The second-order valence-corrected chi connectivity index (χ2v) is 15.2. The van der Waals surface area contributed by atoms with Gasteiger partial charge in [-0.05, 0) is 99.6 Å². The maximum absolute atomic E-state index is 6.74. The predicted octanol–water partition coefficient (Wildman–Crippen LogP) is 13.4. The Morgan fingerprint density at radius 1 is 0.695 bits per heavy atom. The van der Waals surface area contributed by atoms with E-state index in [-0.39, 0.29) is 31.9 Å². The fourth-order valence-electron chi connectivity index (χ4n) is 7.87. The number of benzene rings is 6. The molecule has 293 valence electrons. The van der Waals surface area contributed by atoms with Gasteiger partial charge in [0.25, 0.3) is 0 Å². The zero-order chi connectivity index (χ0) is 39.6. The van der Waals surface area contributed by atoms with Crippen molar-refractivity contribution < 1.29 is 24.5 Å². The molecule has 0 aliphatic carbocycles. The minimum atomic E-state index is 0. The van der Waals surface area contributed by atoms with Crippen LogP contribution in [0.1, 0.15) is 56.2 Å². The maximum atomic E-state index is 6.74. The smallest absolute Gasteiger partial charge is 0.121 e. The van der Waals surface area contributed by atoms with E-state index in [4.69, 9.17) is 9.40 Å². The molecule has 0 saturated heterocycles. The number of rotatable bonds is 7. The fraction of sp³-hybridized carbons (Fsp3) is 0.132. The Bertz CT molecular complexity index is 2880. The number of nitrogens with one attached hydrogen (secondary N) is 1. The molecule has 1 radical (unpaired) electrons. The second kappa shape index (κ2) is 17.3. The zero-order valence-corrected chi connectivity index (χ0v) is 35.9. The third kappa shape index (κ3) is 7.82. The Kier molecular flexibility index (Phi) is 11.6. The minimum absolute atomic E-state index is 0. The normalized spacial score (nSPS) is 12.3. The molecule has 0 bridgehead atoms. The number of furan rings is 1. The summed E-state index contributed by atoms with van der Waals surface area (Å²) in [5.74, 6) is 1.41. The van der Waals surface area contributed by atoms with E-state index in [0.717, 1.165) is 67.7 Å². The van der Waals surface area contributed by atoms with E-state index in [1.165, 1.54) is 33.5 Å². The van der Waals surface area contributed by atoms with Crippen LogP contribution in [0.15, 0.2) is 168 Å². The first-order valence-electron chi connectivity index (χ1n) is 20.0. The summed E-state index contributed by atoms with van der Waals surface area (Å²) in [5, 5.41) is 5.39. The molecule has 10 rings (SSSR count). The van der Waals surface area contributed by atoms with Gasteiger partial charge in [-0.25, -0.2) is 0 Å². The zero-order valence-electron chi connectivity index (χ0n) is 33.5. The summed E-state index contributed by atoms with van der Waals surface area (Å²) in [6.07, 6.45) is 8.10. The monoisotopic (exact) mass is 945 g/mol. The van der Waals surface area contributed by atoms with Crippen molar-refractivity contribution in [1.29, 1.82) is 0 Å². The molecule has 0 amide bonds. The van der Waals surface area contributed by atoms with Crippen molar-refractivity contribution in [2.75, 3.05) is 6.54 Å². The average Bonchev–Trinajstić information content (AvgIpc) is 3.86. The third-order valence-corrected chi connectivity index (χ3v) is 10.8. The van der Waals surface area contributed by atoms with E-state index in [1.54, 1.807) is 6.20 Å². The summed E-state index contributed by atoms with van der Waals surface area (Å²) in [4.78, 5) is 9.52. The average molecular weight is 945 g/mol. The summed E-state index contributed by atoms with van der Waals surface area (Å²) in [5.41, 5.74) is 15.1. The van der Waals surface area contributed by atoms with Gasteiger partial charge in [-0.15, -0.1) is 54.1 Å². The molecular formula is C53H44IrN4O-2. The number of allylic oxidation sites excluding steroid dienone is 2. The number of imidazole rings is 1. The van der Waals surface area contributed by atoms with E-state index < -0.39 is 0 Å². The van der Waals surface area contributed by atoms with Crippen LogP contribution >= 0.6 is 0 Å². The summed E-state index contributed by atoms with van der Waals surface area (Å²) in [7, 11) is 0. The van der Waals surface area contributed by atoms with E-state index >= 15 is 0 Å². The number of aromatic nitrogens is 3. The van der Waals surface area contributed by atoms with Crippen molar-refractivity contribution in [1.82, 2.24) is 19.9 Å². The first kappa shape index (κ1) is 39.5.